The minimum atomic E-state index is -1.40. The van der Waals surface area contributed by atoms with Crippen molar-refractivity contribution in [3.63, 3.8) is 0 Å². The minimum absolute atomic E-state index is 0.105. The Morgan fingerprint density at radius 3 is 1.79 bits per heavy atom. The number of carbonyl (C=O) groups is 2. The largest absolute Gasteiger partial charge is 0.485 e. The van der Waals surface area contributed by atoms with Crippen LogP contribution in [0.1, 0.15) is 27.0 Å². The van der Waals surface area contributed by atoms with Gasteiger partial charge in [-0.2, -0.15) is 0 Å². The maximum Gasteiger partial charge on any atom is 0.257 e. The summed E-state index contributed by atoms with van der Waals surface area (Å²) in [7, 11) is 0. The molecule has 0 unspecified atom stereocenters. The second-order valence-corrected chi connectivity index (χ2v) is 8.71. The SMILES string of the molecule is NC(=O)[C@@H](Cc1ccc(OCc2ccccc2)c(OCc2ccccc2)c1)NC(=O)c1c(F)cc(F)cc1F. The number of ether oxygens (including phenoxy) is 2. The van der Waals surface area contributed by atoms with E-state index in [1.54, 1.807) is 18.2 Å². The third kappa shape index (κ3) is 7.38. The molecule has 4 rings (SSSR count). The lowest BCUT2D eigenvalue weighted by atomic mass is 10.0. The van der Waals surface area contributed by atoms with Crippen molar-refractivity contribution in [2.75, 3.05) is 0 Å². The molecular weight excluding hydrogens is 509 g/mol. The van der Waals surface area contributed by atoms with Gasteiger partial charge in [0.25, 0.3) is 5.91 Å². The average Bonchev–Trinajstić information content (AvgIpc) is 2.91. The first kappa shape index (κ1) is 27.3. The van der Waals surface area contributed by atoms with Gasteiger partial charge in [0.05, 0.1) is 0 Å². The number of carbonyl (C=O) groups excluding carboxylic acids is 2. The molecule has 0 radical (unpaired) electrons. The molecule has 9 heteroatoms. The van der Waals surface area contributed by atoms with Crippen molar-refractivity contribution in [2.45, 2.75) is 25.7 Å². The van der Waals surface area contributed by atoms with E-state index in [-0.39, 0.29) is 19.6 Å². The lowest BCUT2D eigenvalue weighted by Gasteiger charge is -2.18. The number of benzene rings is 4. The Hall–Kier alpha value is -4.79. The maximum atomic E-state index is 14.1. The molecule has 0 aliphatic heterocycles. The van der Waals surface area contributed by atoms with Crippen LogP contribution in [0, 0.1) is 17.5 Å². The van der Waals surface area contributed by atoms with Crippen molar-refractivity contribution in [3.05, 3.63) is 131 Å². The van der Waals surface area contributed by atoms with Gasteiger partial charge < -0.3 is 20.5 Å². The van der Waals surface area contributed by atoms with E-state index in [1.165, 1.54) is 0 Å². The second-order valence-electron chi connectivity index (χ2n) is 8.71. The highest BCUT2D eigenvalue weighted by atomic mass is 19.1. The molecule has 200 valence electrons. The Morgan fingerprint density at radius 1 is 0.718 bits per heavy atom. The van der Waals surface area contributed by atoms with Gasteiger partial charge in [0.2, 0.25) is 5.91 Å². The monoisotopic (exact) mass is 534 g/mol. The first-order valence-electron chi connectivity index (χ1n) is 12.0. The van der Waals surface area contributed by atoms with Crippen molar-refractivity contribution >= 4 is 11.8 Å². The molecule has 0 aromatic heterocycles. The number of halogens is 3. The van der Waals surface area contributed by atoms with E-state index in [0.717, 1.165) is 11.1 Å². The summed E-state index contributed by atoms with van der Waals surface area (Å²) in [5.74, 6) is -5.30. The Morgan fingerprint density at radius 2 is 1.26 bits per heavy atom. The van der Waals surface area contributed by atoms with Crippen LogP contribution in [0.15, 0.2) is 91.0 Å². The standard InChI is InChI=1S/C30H25F3N2O4/c31-22-15-23(32)28(24(33)16-22)30(37)35-25(29(34)36)13-21-11-12-26(38-17-19-7-3-1-4-8-19)27(14-21)39-18-20-9-5-2-6-10-20/h1-12,14-16,25H,13,17-18H2,(H2,34,36)(H,35,37)/t25-/m1/s1. The Bertz CT molecular complexity index is 1430. The zero-order valence-electron chi connectivity index (χ0n) is 20.7. The van der Waals surface area contributed by atoms with Gasteiger partial charge >= 0.3 is 0 Å². The summed E-state index contributed by atoms with van der Waals surface area (Å²) in [5, 5.41) is 2.23. The van der Waals surface area contributed by atoms with Crippen LogP contribution in [-0.2, 0) is 24.4 Å². The molecule has 0 saturated carbocycles. The molecule has 0 bridgehead atoms. The topological polar surface area (TPSA) is 90.7 Å². The zero-order valence-corrected chi connectivity index (χ0v) is 20.7. The molecule has 0 heterocycles. The number of nitrogens with two attached hydrogens (primary N) is 1. The van der Waals surface area contributed by atoms with Gasteiger partial charge in [-0.3, -0.25) is 9.59 Å². The molecular formula is C30H25F3N2O4. The van der Waals surface area contributed by atoms with Crippen LogP contribution in [0.3, 0.4) is 0 Å². The van der Waals surface area contributed by atoms with E-state index >= 15 is 0 Å². The van der Waals surface area contributed by atoms with Crippen LogP contribution in [0.25, 0.3) is 0 Å². The van der Waals surface area contributed by atoms with E-state index < -0.39 is 40.9 Å². The fourth-order valence-corrected chi connectivity index (χ4v) is 3.83. The van der Waals surface area contributed by atoms with Gasteiger partial charge in [-0.1, -0.05) is 66.7 Å². The Kier molecular flexibility index (Phi) is 8.83. The summed E-state index contributed by atoms with van der Waals surface area (Å²) in [6.45, 7) is 0.530. The van der Waals surface area contributed by atoms with Gasteiger partial charge in [0.15, 0.2) is 11.5 Å². The van der Waals surface area contributed by atoms with Crippen LogP contribution in [0.2, 0.25) is 0 Å². The van der Waals surface area contributed by atoms with Crippen molar-refractivity contribution in [1.82, 2.24) is 5.32 Å². The summed E-state index contributed by atoms with van der Waals surface area (Å²) in [6.07, 6.45) is -0.105. The molecule has 0 aliphatic carbocycles. The van der Waals surface area contributed by atoms with E-state index in [9.17, 15) is 22.8 Å². The first-order chi connectivity index (χ1) is 18.8. The molecule has 0 saturated heterocycles. The van der Waals surface area contributed by atoms with Crippen LogP contribution < -0.4 is 20.5 Å². The Balaban J connectivity index is 1.54. The first-order valence-corrected chi connectivity index (χ1v) is 12.0. The average molecular weight is 535 g/mol. The third-order valence-corrected chi connectivity index (χ3v) is 5.80. The zero-order chi connectivity index (χ0) is 27.8. The summed E-state index contributed by atoms with van der Waals surface area (Å²) >= 11 is 0. The molecule has 0 spiro atoms. The predicted molar refractivity (Wildman–Crippen MR) is 138 cm³/mol. The number of nitrogens with one attached hydrogen (secondary N) is 1. The van der Waals surface area contributed by atoms with Gasteiger partial charge in [0.1, 0.15) is 42.3 Å². The fourth-order valence-electron chi connectivity index (χ4n) is 3.83. The van der Waals surface area contributed by atoms with Crippen molar-refractivity contribution < 1.29 is 32.2 Å². The summed E-state index contributed by atoms with van der Waals surface area (Å²) < 4.78 is 53.4. The highest BCUT2D eigenvalue weighted by Gasteiger charge is 2.25. The highest BCUT2D eigenvalue weighted by molar-refractivity contribution is 5.97. The van der Waals surface area contributed by atoms with Gasteiger partial charge in [0, 0.05) is 18.6 Å². The quantitative estimate of drug-likeness (QED) is 0.281. The smallest absolute Gasteiger partial charge is 0.257 e. The molecule has 4 aromatic rings. The van der Waals surface area contributed by atoms with E-state index in [1.807, 2.05) is 60.7 Å². The molecule has 1 atom stereocenters. The molecule has 6 nitrogen and oxygen atoms in total. The van der Waals surface area contributed by atoms with Crippen molar-refractivity contribution in [2.24, 2.45) is 5.73 Å². The minimum Gasteiger partial charge on any atom is -0.485 e. The summed E-state index contributed by atoms with van der Waals surface area (Å²) in [6, 6.07) is 23.4. The third-order valence-electron chi connectivity index (χ3n) is 5.80. The Labute approximate surface area is 223 Å². The predicted octanol–water partition coefficient (Wildman–Crippen LogP) is 5.09. The number of hydrogen-bond donors (Lipinski definition) is 2. The molecule has 0 fully saturated rings. The summed E-state index contributed by atoms with van der Waals surface area (Å²) in [5.41, 5.74) is 6.86. The normalized spacial score (nSPS) is 11.5. The van der Waals surface area contributed by atoms with Crippen molar-refractivity contribution in [1.29, 1.82) is 0 Å². The fraction of sp³-hybridized carbons (Fsp3) is 0.133. The number of rotatable bonds is 11. The molecule has 39 heavy (non-hydrogen) atoms. The number of hydrogen-bond acceptors (Lipinski definition) is 4. The lowest BCUT2D eigenvalue weighted by molar-refractivity contribution is -0.119. The second kappa shape index (κ2) is 12.6. The maximum absolute atomic E-state index is 14.1. The van der Waals surface area contributed by atoms with E-state index in [2.05, 4.69) is 5.32 Å². The summed E-state index contributed by atoms with van der Waals surface area (Å²) in [4.78, 5) is 24.7. The van der Waals surface area contributed by atoms with Gasteiger partial charge in [-0.05, 0) is 28.8 Å². The van der Waals surface area contributed by atoms with Crippen LogP contribution in [-0.4, -0.2) is 17.9 Å². The molecule has 2 amide bonds. The lowest BCUT2D eigenvalue weighted by Crippen LogP contribution is -2.46. The van der Waals surface area contributed by atoms with Gasteiger partial charge in [-0.25, -0.2) is 13.2 Å². The van der Waals surface area contributed by atoms with Crippen LogP contribution in [0.4, 0.5) is 13.2 Å². The van der Waals surface area contributed by atoms with E-state index in [4.69, 9.17) is 15.2 Å². The van der Waals surface area contributed by atoms with E-state index in [0.29, 0.717) is 29.2 Å². The molecule has 0 aliphatic rings. The van der Waals surface area contributed by atoms with Gasteiger partial charge in [-0.15, -0.1) is 0 Å². The molecule has 4 aromatic carbocycles. The number of primary amides is 1. The highest BCUT2D eigenvalue weighted by Crippen LogP contribution is 2.31. The number of amides is 2. The molecule has 3 N–H and O–H groups in total. The van der Waals surface area contributed by atoms with Crippen LogP contribution >= 0.6 is 0 Å². The van der Waals surface area contributed by atoms with Crippen molar-refractivity contribution in [3.8, 4) is 11.5 Å². The van der Waals surface area contributed by atoms with Crippen LogP contribution in [0.5, 0.6) is 11.5 Å².